The highest BCUT2D eigenvalue weighted by molar-refractivity contribution is 7.89. The van der Waals surface area contributed by atoms with E-state index in [1.807, 2.05) is 24.6 Å². The zero-order chi connectivity index (χ0) is 20.6. The number of carbonyl (C=O) groups excluding carboxylic acids is 1. The van der Waals surface area contributed by atoms with Crippen LogP contribution >= 0.6 is 11.3 Å². The van der Waals surface area contributed by atoms with Crippen LogP contribution in [0.3, 0.4) is 0 Å². The molecule has 0 unspecified atom stereocenters. The van der Waals surface area contributed by atoms with E-state index in [-0.39, 0.29) is 17.2 Å². The molecule has 0 radical (unpaired) electrons. The summed E-state index contributed by atoms with van der Waals surface area (Å²) in [7, 11) is -3.47. The molecule has 1 aliphatic heterocycles. The van der Waals surface area contributed by atoms with E-state index < -0.39 is 10.0 Å². The molecule has 154 valence electrons. The summed E-state index contributed by atoms with van der Waals surface area (Å²) >= 11 is 1.28. The summed E-state index contributed by atoms with van der Waals surface area (Å²) in [5.41, 5.74) is 2.61. The van der Waals surface area contributed by atoms with Crippen molar-refractivity contribution in [1.29, 1.82) is 0 Å². The summed E-state index contributed by atoms with van der Waals surface area (Å²) in [6.45, 7) is 5.51. The number of amides is 1. The minimum absolute atomic E-state index is 0.151. The van der Waals surface area contributed by atoms with Crippen LogP contribution in [0.4, 0.5) is 5.13 Å². The predicted octanol–water partition coefficient (Wildman–Crippen LogP) is 2.92. The maximum absolute atomic E-state index is 12.7. The van der Waals surface area contributed by atoms with Crippen LogP contribution in [-0.2, 0) is 21.4 Å². The second kappa shape index (κ2) is 7.85. The molecule has 0 bridgehead atoms. The van der Waals surface area contributed by atoms with E-state index in [1.165, 1.54) is 15.6 Å². The van der Waals surface area contributed by atoms with Crippen LogP contribution < -0.4 is 5.32 Å². The van der Waals surface area contributed by atoms with Gasteiger partial charge in [0.2, 0.25) is 15.9 Å². The van der Waals surface area contributed by atoms with Crippen LogP contribution in [0, 0.1) is 13.8 Å². The number of hydrogen-bond acceptors (Lipinski definition) is 6. The van der Waals surface area contributed by atoms with Crippen molar-refractivity contribution in [3.05, 3.63) is 35.7 Å². The van der Waals surface area contributed by atoms with Crippen LogP contribution in [0.25, 0.3) is 10.2 Å². The molecule has 1 N–H and O–H groups in total. The molecule has 8 nitrogen and oxygen atoms in total. The number of aryl methyl sites for hydroxylation is 3. The lowest BCUT2D eigenvalue weighted by atomic mass is 10.3. The number of nitrogens with zero attached hydrogens (tertiary/aromatic N) is 4. The zero-order valence-corrected chi connectivity index (χ0v) is 18.0. The molecule has 1 saturated heterocycles. The zero-order valence-electron chi connectivity index (χ0n) is 16.4. The van der Waals surface area contributed by atoms with Gasteiger partial charge in [-0.25, -0.2) is 13.4 Å². The Hall–Kier alpha value is -2.30. The molecule has 0 saturated carbocycles. The van der Waals surface area contributed by atoms with E-state index in [0.717, 1.165) is 28.9 Å². The molecule has 1 fully saturated rings. The SMILES string of the molecule is Cc1cc(C)n(CCC(=O)Nc2nc3ccc(S(=O)(=O)N4CCCC4)cc3s2)n1. The van der Waals surface area contributed by atoms with Gasteiger partial charge in [0, 0.05) is 31.7 Å². The third-order valence-electron chi connectivity index (χ3n) is 4.96. The summed E-state index contributed by atoms with van der Waals surface area (Å²) in [6.07, 6.45) is 2.08. The Bertz CT molecular complexity index is 1160. The topological polar surface area (TPSA) is 97.2 Å². The molecule has 1 aliphatic rings. The first-order valence-electron chi connectivity index (χ1n) is 9.54. The van der Waals surface area contributed by atoms with Crippen molar-refractivity contribution >= 4 is 42.6 Å². The normalized spacial score (nSPS) is 15.2. The molecular formula is C19H23N5O3S2. The number of anilines is 1. The maximum Gasteiger partial charge on any atom is 0.243 e. The highest BCUT2D eigenvalue weighted by Crippen LogP contribution is 2.30. The second-order valence-electron chi connectivity index (χ2n) is 7.21. The minimum Gasteiger partial charge on any atom is -0.302 e. The number of nitrogens with one attached hydrogen (secondary N) is 1. The minimum atomic E-state index is -3.47. The number of fused-ring (bicyclic) bond motifs is 1. The smallest absolute Gasteiger partial charge is 0.243 e. The van der Waals surface area contributed by atoms with Crippen molar-refractivity contribution in [2.75, 3.05) is 18.4 Å². The van der Waals surface area contributed by atoms with Crippen LogP contribution in [0.2, 0.25) is 0 Å². The van der Waals surface area contributed by atoms with Gasteiger partial charge in [-0.05, 0) is 51.0 Å². The summed E-state index contributed by atoms with van der Waals surface area (Å²) in [4.78, 5) is 17.0. The molecule has 29 heavy (non-hydrogen) atoms. The number of sulfonamides is 1. The predicted molar refractivity (Wildman–Crippen MR) is 113 cm³/mol. The Balaban J connectivity index is 1.46. The molecule has 3 aromatic rings. The number of hydrogen-bond donors (Lipinski definition) is 1. The number of thiazole rings is 1. The van der Waals surface area contributed by atoms with Gasteiger partial charge in [0.05, 0.1) is 20.8 Å². The number of aromatic nitrogens is 3. The molecule has 0 aliphatic carbocycles. The molecule has 3 heterocycles. The summed E-state index contributed by atoms with van der Waals surface area (Å²) < 4.78 is 29.6. The lowest BCUT2D eigenvalue weighted by molar-refractivity contribution is -0.116. The van der Waals surface area contributed by atoms with E-state index in [2.05, 4.69) is 15.4 Å². The molecule has 1 amide bonds. The van der Waals surface area contributed by atoms with Gasteiger partial charge >= 0.3 is 0 Å². The van der Waals surface area contributed by atoms with Crippen molar-refractivity contribution in [2.45, 2.75) is 44.6 Å². The van der Waals surface area contributed by atoms with Gasteiger partial charge in [-0.15, -0.1) is 0 Å². The Labute approximate surface area is 173 Å². The quantitative estimate of drug-likeness (QED) is 0.645. The fourth-order valence-electron chi connectivity index (χ4n) is 3.49. The van der Waals surface area contributed by atoms with Crippen LogP contribution in [0.15, 0.2) is 29.2 Å². The average molecular weight is 434 g/mol. The van der Waals surface area contributed by atoms with Gasteiger partial charge in [0.15, 0.2) is 5.13 Å². The van der Waals surface area contributed by atoms with Gasteiger partial charge in [0.25, 0.3) is 0 Å². The summed E-state index contributed by atoms with van der Waals surface area (Å²) in [5.74, 6) is -0.151. The fraction of sp³-hybridized carbons (Fsp3) is 0.421. The van der Waals surface area contributed by atoms with E-state index in [0.29, 0.717) is 30.3 Å². The van der Waals surface area contributed by atoms with E-state index >= 15 is 0 Å². The van der Waals surface area contributed by atoms with E-state index in [4.69, 9.17) is 0 Å². The van der Waals surface area contributed by atoms with Gasteiger partial charge in [-0.2, -0.15) is 9.40 Å². The first-order valence-corrected chi connectivity index (χ1v) is 11.8. The van der Waals surface area contributed by atoms with Gasteiger partial charge in [-0.1, -0.05) is 11.3 Å². The second-order valence-corrected chi connectivity index (χ2v) is 10.2. The lowest BCUT2D eigenvalue weighted by Crippen LogP contribution is -2.27. The third-order valence-corrected chi connectivity index (χ3v) is 7.79. The van der Waals surface area contributed by atoms with Crippen LogP contribution in [0.5, 0.6) is 0 Å². The van der Waals surface area contributed by atoms with Crippen molar-refractivity contribution in [3.8, 4) is 0 Å². The number of benzene rings is 1. The number of carbonyl (C=O) groups is 1. The Morgan fingerprint density at radius 2 is 1.97 bits per heavy atom. The standard InChI is InChI=1S/C19H23N5O3S2/c1-13-11-14(2)24(22-13)10-7-18(25)21-19-20-16-6-5-15(12-17(16)28-19)29(26,27)23-8-3-4-9-23/h5-6,11-12H,3-4,7-10H2,1-2H3,(H,20,21,25). The highest BCUT2D eigenvalue weighted by atomic mass is 32.2. The molecule has 2 aromatic heterocycles. The van der Waals surface area contributed by atoms with Gasteiger partial charge in [0.1, 0.15) is 0 Å². The van der Waals surface area contributed by atoms with E-state index in [9.17, 15) is 13.2 Å². The fourth-order valence-corrected chi connectivity index (χ4v) is 6.03. The van der Waals surface area contributed by atoms with Crippen LogP contribution in [-0.4, -0.2) is 46.5 Å². The molecule has 0 atom stereocenters. The molecule has 1 aromatic carbocycles. The van der Waals surface area contributed by atoms with Gasteiger partial charge < -0.3 is 5.32 Å². The third kappa shape index (κ3) is 4.19. The monoisotopic (exact) mass is 433 g/mol. The Morgan fingerprint density at radius 3 is 2.66 bits per heavy atom. The Morgan fingerprint density at radius 1 is 1.21 bits per heavy atom. The average Bonchev–Trinajstić information content (AvgIpc) is 3.39. The molecule has 0 spiro atoms. The first kappa shape index (κ1) is 20.0. The van der Waals surface area contributed by atoms with Crippen LogP contribution in [0.1, 0.15) is 30.7 Å². The van der Waals surface area contributed by atoms with E-state index in [1.54, 1.807) is 18.2 Å². The number of rotatable bonds is 6. The molecule has 4 rings (SSSR count). The summed E-state index contributed by atoms with van der Waals surface area (Å²) in [6, 6.07) is 6.90. The summed E-state index contributed by atoms with van der Waals surface area (Å²) in [5, 5.41) is 7.63. The molecular weight excluding hydrogens is 410 g/mol. The lowest BCUT2D eigenvalue weighted by Gasteiger charge is -2.15. The van der Waals surface area contributed by atoms with Gasteiger partial charge in [-0.3, -0.25) is 9.48 Å². The Kier molecular flexibility index (Phi) is 5.41. The van der Waals surface area contributed by atoms with Crippen molar-refractivity contribution in [1.82, 2.24) is 19.1 Å². The van der Waals surface area contributed by atoms with Crippen molar-refractivity contribution in [3.63, 3.8) is 0 Å². The van der Waals surface area contributed by atoms with Crippen molar-refractivity contribution < 1.29 is 13.2 Å². The molecule has 10 heteroatoms. The first-order chi connectivity index (χ1) is 13.8. The largest absolute Gasteiger partial charge is 0.302 e. The highest BCUT2D eigenvalue weighted by Gasteiger charge is 2.27. The van der Waals surface area contributed by atoms with Crippen molar-refractivity contribution in [2.24, 2.45) is 0 Å². The maximum atomic E-state index is 12.7.